The molecule has 142 valence electrons. The van der Waals surface area contributed by atoms with E-state index in [0.29, 0.717) is 34.1 Å². The van der Waals surface area contributed by atoms with Crippen molar-refractivity contribution in [2.75, 3.05) is 14.2 Å². The van der Waals surface area contributed by atoms with Crippen LogP contribution >= 0.6 is 0 Å². The lowest BCUT2D eigenvalue weighted by Gasteiger charge is -2.13. The summed E-state index contributed by atoms with van der Waals surface area (Å²) in [4.78, 5) is 23.7. The fourth-order valence-electron chi connectivity index (χ4n) is 2.67. The Hall–Kier alpha value is -3.80. The lowest BCUT2D eigenvalue weighted by atomic mass is 10.0. The van der Waals surface area contributed by atoms with Crippen LogP contribution in [0.4, 0.5) is 0 Å². The Kier molecular flexibility index (Phi) is 5.60. The number of hydrogen-bond acceptors (Lipinski definition) is 5. The predicted octanol–water partition coefficient (Wildman–Crippen LogP) is 4.43. The summed E-state index contributed by atoms with van der Waals surface area (Å²) in [6, 6.07) is 17.8. The molecule has 0 saturated carbocycles. The van der Waals surface area contributed by atoms with Crippen LogP contribution in [0.25, 0.3) is 0 Å². The zero-order chi connectivity index (χ0) is 20.1. The predicted molar refractivity (Wildman–Crippen MR) is 103 cm³/mol. The number of aromatic carboxylic acids is 1. The smallest absolute Gasteiger partial charge is 0.335 e. The summed E-state index contributed by atoms with van der Waals surface area (Å²) < 4.78 is 16.5. The topological polar surface area (TPSA) is 82.1 Å². The molecule has 0 amide bonds. The second-order valence-corrected chi connectivity index (χ2v) is 5.83. The summed E-state index contributed by atoms with van der Waals surface area (Å²) in [5.41, 5.74) is 0.823. The zero-order valence-corrected chi connectivity index (χ0v) is 15.3. The van der Waals surface area contributed by atoms with Gasteiger partial charge in [0.25, 0.3) is 0 Å². The Morgan fingerprint density at radius 1 is 0.750 bits per heavy atom. The number of methoxy groups -OCH3 is 2. The van der Waals surface area contributed by atoms with Crippen molar-refractivity contribution >= 4 is 11.8 Å². The molecule has 0 bridgehead atoms. The van der Waals surface area contributed by atoms with E-state index in [9.17, 15) is 9.59 Å². The fraction of sp³-hybridized carbons (Fsp3) is 0.0909. The molecule has 0 spiro atoms. The van der Waals surface area contributed by atoms with E-state index in [2.05, 4.69) is 0 Å². The van der Waals surface area contributed by atoms with Gasteiger partial charge in [0, 0.05) is 11.6 Å². The van der Waals surface area contributed by atoms with Crippen LogP contribution in [0.1, 0.15) is 26.3 Å². The first-order valence-electron chi connectivity index (χ1n) is 8.40. The van der Waals surface area contributed by atoms with Crippen molar-refractivity contribution in [3.8, 4) is 23.0 Å². The molecule has 6 nitrogen and oxygen atoms in total. The number of carbonyl (C=O) groups excluding carboxylic acids is 1. The molecule has 0 aliphatic heterocycles. The minimum absolute atomic E-state index is 0.115. The van der Waals surface area contributed by atoms with Crippen LogP contribution in [-0.4, -0.2) is 31.1 Å². The van der Waals surface area contributed by atoms with Gasteiger partial charge in [0.15, 0.2) is 17.3 Å². The largest absolute Gasteiger partial charge is 0.496 e. The van der Waals surface area contributed by atoms with Gasteiger partial charge in [-0.3, -0.25) is 4.79 Å². The number of para-hydroxylation sites is 2. The summed E-state index contributed by atoms with van der Waals surface area (Å²) in [6.07, 6.45) is 0. The van der Waals surface area contributed by atoms with Crippen molar-refractivity contribution in [1.82, 2.24) is 0 Å². The molecule has 0 saturated heterocycles. The molecule has 0 atom stereocenters. The third kappa shape index (κ3) is 3.96. The molecule has 28 heavy (non-hydrogen) atoms. The van der Waals surface area contributed by atoms with Gasteiger partial charge in [0.2, 0.25) is 0 Å². The van der Waals surface area contributed by atoms with Crippen LogP contribution in [0.2, 0.25) is 0 Å². The maximum atomic E-state index is 12.8. The molecule has 0 aliphatic carbocycles. The van der Waals surface area contributed by atoms with Crippen molar-refractivity contribution in [3.05, 3.63) is 83.4 Å². The van der Waals surface area contributed by atoms with Crippen LogP contribution in [0, 0.1) is 0 Å². The first-order chi connectivity index (χ1) is 13.5. The number of carbonyl (C=O) groups is 2. The van der Waals surface area contributed by atoms with Crippen molar-refractivity contribution in [1.29, 1.82) is 0 Å². The number of ketones is 1. The molecule has 0 aromatic heterocycles. The maximum absolute atomic E-state index is 12.8. The first-order valence-corrected chi connectivity index (χ1v) is 8.40. The molecule has 0 radical (unpaired) electrons. The van der Waals surface area contributed by atoms with Crippen molar-refractivity contribution in [3.63, 3.8) is 0 Å². The quantitative estimate of drug-likeness (QED) is 0.613. The van der Waals surface area contributed by atoms with Gasteiger partial charge in [0.1, 0.15) is 11.5 Å². The van der Waals surface area contributed by atoms with Crippen LogP contribution in [0.15, 0.2) is 66.7 Å². The minimum atomic E-state index is -1.05. The molecule has 1 N–H and O–H groups in total. The van der Waals surface area contributed by atoms with Gasteiger partial charge < -0.3 is 19.3 Å². The standard InChI is InChI=1S/C22H18O6/c1-26-18-5-3-4-6-19(18)28-16-11-12-17(20(13-16)27-2)21(23)14-7-9-15(10-8-14)22(24)25/h3-13H,1-2H3,(H,24,25). The van der Waals surface area contributed by atoms with E-state index in [1.807, 2.05) is 12.1 Å². The van der Waals surface area contributed by atoms with E-state index in [0.717, 1.165) is 0 Å². The summed E-state index contributed by atoms with van der Waals surface area (Å²) in [5.74, 6) is 0.626. The number of carboxylic acids is 1. The second-order valence-electron chi connectivity index (χ2n) is 5.83. The van der Waals surface area contributed by atoms with E-state index in [1.165, 1.54) is 31.4 Å². The number of ether oxygens (including phenoxy) is 3. The maximum Gasteiger partial charge on any atom is 0.335 e. The van der Waals surface area contributed by atoms with Gasteiger partial charge in [-0.2, -0.15) is 0 Å². The lowest BCUT2D eigenvalue weighted by Crippen LogP contribution is -2.05. The highest BCUT2D eigenvalue weighted by Gasteiger charge is 2.17. The lowest BCUT2D eigenvalue weighted by molar-refractivity contribution is 0.0696. The van der Waals surface area contributed by atoms with Crippen molar-refractivity contribution in [2.45, 2.75) is 0 Å². The molecular formula is C22H18O6. The van der Waals surface area contributed by atoms with E-state index in [-0.39, 0.29) is 11.3 Å². The van der Waals surface area contributed by atoms with E-state index >= 15 is 0 Å². The molecule has 0 aliphatic rings. The minimum Gasteiger partial charge on any atom is -0.496 e. The van der Waals surface area contributed by atoms with Crippen molar-refractivity contribution in [2.24, 2.45) is 0 Å². The summed E-state index contributed by atoms with van der Waals surface area (Å²) in [7, 11) is 3.02. The van der Waals surface area contributed by atoms with E-state index in [1.54, 1.807) is 37.4 Å². The van der Waals surface area contributed by atoms with Gasteiger partial charge in [-0.05, 0) is 36.4 Å². The van der Waals surface area contributed by atoms with E-state index < -0.39 is 5.97 Å². The first kappa shape index (κ1) is 19.0. The average molecular weight is 378 g/mol. The Balaban J connectivity index is 1.88. The molecule has 0 heterocycles. The third-order valence-corrected chi connectivity index (χ3v) is 4.11. The Morgan fingerprint density at radius 2 is 1.36 bits per heavy atom. The van der Waals surface area contributed by atoms with Gasteiger partial charge in [0.05, 0.1) is 25.3 Å². The highest BCUT2D eigenvalue weighted by Crippen LogP contribution is 2.34. The van der Waals surface area contributed by atoms with E-state index in [4.69, 9.17) is 19.3 Å². The molecule has 6 heteroatoms. The van der Waals surface area contributed by atoms with Gasteiger partial charge in [-0.25, -0.2) is 4.79 Å². The normalized spacial score (nSPS) is 10.2. The molecule has 3 aromatic carbocycles. The van der Waals surface area contributed by atoms with Crippen LogP contribution in [0.3, 0.4) is 0 Å². The second kappa shape index (κ2) is 8.26. The molecule has 3 aromatic rings. The van der Waals surface area contributed by atoms with Gasteiger partial charge in [-0.15, -0.1) is 0 Å². The summed E-state index contributed by atoms with van der Waals surface area (Å²) in [6.45, 7) is 0. The molecule has 0 unspecified atom stereocenters. The fourth-order valence-corrected chi connectivity index (χ4v) is 2.67. The Morgan fingerprint density at radius 3 is 1.96 bits per heavy atom. The number of hydrogen-bond donors (Lipinski definition) is 1. The highest BCUT2D eigenvalue weighted by atomic mass is 16.5. The van der Waals surface area contributed by atoms with Crippen LogP contribution in [-0.2, 0) is 0 Å². The SMILES string of the molecule is COc1ccccc1Oc1ccc(C(=O)c2ccc(C(=O)O)cc2)c(OC)c1. The molecule has 3 rings (SSSR count). The van der Waals surface area contributed by atoms with Gasteiger partial charge >= 0.3 is 5.97 Å². The van der Waals surface area contributed by atoms with Crippen molar-refractivity contribution < 1.29 is 28.9 Å². The monoisotopic (exact) mass is 378 g/mol. The summed E-state index contributed by atoms with van der Waals surface area (Å²) in [5, 5.41) is 8.97. The number of rotatable bonds is 7. The van der Waals surface area contributed by atoms with Crippen LogP contribution in [0.5, 0.6) is 23.0 Å². The van der Waals surface area contributed by atoms with Crippen LogP contribution < -0.4 is 14.2 Å². The number of benzene rings is 3. The third-order valence-electron chi connectivity index (χ3n) is 4.11. The summed E-state index contributed by atoms with van der Waals surface area (Å²) >= 11 is 0. The number of carboxylic acid groups (broad SMARTS) is 1. The average Bonchev–Trinajstić information content (AvgIpc) is 2.73. The zero-order valence-electron chi connectivity index (χ0n) is 15.3. The Labute approximate surface area is 161 Å². The molecule has 0 fully saturated rings. The Bertz CT molecular complexity index is 1010. The highest BCUT2D eigenvalue weighted by molar-refractivity contribution is 6.11. The molecular weight excluding hydrogens is 360 g/mol. The van der Waals surface area contributed by atoms with Gasteiger partial charge in [-0.1, -0.05) is 24.3 Å².